The summed E-state index contributed by atoms with van der Waals surface area (Å²) in [5.74, 6) is 1.35. The maximum atomic E-state index is 12.1. The quantitative estimate of drug-likeness (QED) is 0.674. The minimum Gasteiger partial charge on any atom is -0.361 e. The highest BCUT2D eigenvalue weighted by Gasteiger charge is 2.24. The van der Waals surface area contributed by atoms with Crippen molar-refractivity contribution in [1.82, 2.24) is 9.80 Å². The van der Waals surface area contributed by atoms with Gasteiger partial charge in [0, 0.05) is 44.8 Å². The second kappa shape index (κ2) is 5.16. The predicted octanol–water partition coefficient (Wildman–Crippen LogP) is 2.42. The molecule has 0 aromatic rings. The van der Waals surface area contributed by atoms with Gasteiger partial charge in [-0.05, 0) is 24.1 Å². The molecule has 3 nitrogen and oxygen atoms in total. The van der Waals surface area contributed by atoms with Crippen molar-refractivity contribution in [3.8, 4) is 0 Å². The Hall–Kier alpha value is -2.03. The van der Waals surface area contributed by atoms with Gasteiger partial charge in [0.25, 0.3) is 0 Å². The molecule has 0 saturated carbocycles. The van der Waals surface area contributed by atoms with E-state index in [9.17, 15) is 4.79 Å². The SMILES string of the molecule is CN1CCCN(C)C1=C1C=CC(=O)C2=CC=CC=C1C2. The van der Waals surface area contributed by atoms with Gasteiger partial charge in [0.2, 0.25) is 0 Å². The van der Waals surface area contributed by atoms with Gasteiger partial charge in [-0.25, -0.2) is 0 Å². The summed E-state index contributed by atoms with van der Waals surface area (Å²) >= 11 is 0. The molecule has 3 heteroatoms. The Labute approximate surface area is 120 Å². The second-order valence-corrected chi connectivity index (χ2v) is 5.58. The Morgan fingerprint density at radius 3 is 2.30 bits per heavy atom. The van der Waals surface area contributed by atoms with Gasteiger partial charge in [-0.15, -0.1) is 0 Å². The summed E-state index contributed by atoms with van der Waals surface area (Å²) in [7, 11) is 4.25. The number of carbonyl (C=O) groups excluding carboxylic acids is 1. The first-order chi connectivity index (χ1) is 9.66. The van der Waals surface area contributed by atoms with Crippen LogP contribution in [0.15, 0.2) is 59.0 Å². The van der Waals surface area contributed by atoms with Crippen LogP contribution in [-0.2, 0) is 4.79 Å². The molecule has 0 unspecified atom stereocenters. The van der Waals surface area contributed by atoms with E-state index in [0.717, 1.165) is 25.1 Å². The molecular formula is C17H20N2O. The van der Waals surface area contributed by atoms with E-state index in [0.29, 0.717) is 0 Å². The first-order valence-corrected chi connectivity index (χ1v) is 7.12. The monoisotopic (exact) mass is 268 g/mol. The Morgan fingerprint density at radius 1 is 0.950 bits per heavy atom. The molecule has 2 bridgehead atoms. The molecule has 0 atom stereocenters. The Kier molecular flexibility index (Phi) is 3.35. The van der Waals surface area contributed by atoms with Crippen molar-refractivity contribution in [2.24, 2.45) is 0 Å². The smallest absolute Gasteiger partial charge is 0.182 e. The summed E-state index contributed by atoms with van der Waals surface area (Å²) in [6.45, 7) is 2.13. The van der Waals surface area contributed by atoms with E-state index in [1.807, 2.05) is 24.3 Å². The number of nitrogens with zero attached hydrogens (tertiary/aromatic N) is 2. The van der Waals surface area contributed by atoms with Gasteiger partial charge in [0.15, 0.2) is 5.78 Å². The average molecular weight is 268 g/mol. The normalized spacial score (nSPS) is 22.6. The Bertz CT molecular complexity index is 578. The van der Waals surface area contributed by atoms with Crippen molar-refractivity contribution in [1.29, 1.82) is 0 Å². The maximum Gasteiger partial charge on any atom is 0.182 e. The molecule has 0 radical (unpaired) electrons. The zero-order valence-electron chi connectivity index (χ0n) is 12.1. The molecule has 2 aliphatic carbocycles. The summed E-state index contributed by atoms with van der Waals surface area (Å²) < 4.78 is 0. The summed E-state index contributed by atoms with van der Waals surface area (Å²) in [4.78, 5) is 16.7. The lowest BCUT2D eigenvalue weighted by Crippen LogP contribution is -2.39. The van der Waals surface area contributed by atoms with E-state index in [4.69, 9.17) is 0 Å². The molecule has 1 saturated heterocycles. The topological polar surface area (TPSA) is 23.6 Å². The maximum absolute atomic E-state index is 12.1. The molecule has 0 aromatic carbocycles. The fourth-order valence-corrected chi connectivity index (χ4v) is 3.07. The van der Waals surface area contributed by atoms with Crippen LogP contribution in [0.1, 0.15) is 12.8 Å². The van der Waals surface area contributed by atoms with Crippen molar-refractivity contribution in [3.05, 3.63) is 59.0 Å². The van der Waals surface area contributed by atoms with Gasteiger partial charge in [-0.2, -0.15) is 0 Å². The number of hydrogen-bond acceptors (Lipinski definition) is 3. The van der Waals surface area contributed by atoms with E-state index in [-0.39, 0.29) is 5.78 Å². The van der Waals surface area contributed by atoms with E-state index in [1.54, 1.807) is 6.08 Å². The molecule has 0 amide bonds. The van der Waals surface area contributed by atoms with Crippen LogP contribution in [0.25, 0.3) is 0 Å². The zero-order chi connectivity index (χ0) is 14.1. The van der Waals surface area contributed by atoms with Crippen LogP contribution in [0.2, 0.25) is 0 Å². The standard InChI is InChI=1S/C17H20N2O/c1-18-10-5-11-19(2)17(18)15-8-9-16(20)14-7-4-3-6-13(15)12-14/h3-4,6-9H,5,10-12H2,1-2H3. The molecule has 3 aliphatic rings. The highest BCUT2D eigenvalue weighted by molar-refractivity contribution is 6.05. The first kappa shape index (κ1) is 13.0. The number of ketones is 1. The summed E-state index contributed by atoms with van der Waals surface area (Å²) in [5, 5.41) is 0. The molecule has 3 rings (SSSR count). The van der Waals surface area contributed by atoms with E-state index >= 15 is 0 Å². The van der Waals surface area contributed by atoms with Gasteiger partial charge in [0.05, 0.1) is 0 Å². The van der Waals surface area contributed by atoms with E-state index in [2.05, 4.69) is 30.0 Å². The lowest BCUT2D eigenvalue weighted by atomic mass is 9.99. The van der Waals surface area contributed by atoms with Crippen LogP contribution in [0.4, 0.5) is 0 Å². The van der Waals surface area contributed by atoms with Crippen LogP contribution in [0, 0.1) is 0 Å². The molecule has 0 spiro atoms. The zero-order valence-corrected chi connectivity index (χ0v) is 12.1. The van der Waals surface area contributed by atoms with Crippen LogP contribution in [0.3, 0.4) is 0 Å². The van der Waals surface area contributed by atoms with Crippen LogP contribution in [0.5, 0.6) is 0 Å². The first-order valence-electron chi connectivity index (χ1n) is 7.12. The van der Waals surface area contributed by atoms with Crippen molar-refractivity contribution in [2.45, 2.75) is 12.8 Å². The molecule has 0 N–H and O–H groups in total. The third kappa shape index (κ3) is 2.24. The lowest BCUT2D eigenvalue weighted by molar-refractivity contribution is -0.111. The summed E-state index contributed by atoms with van der Waals surface area (Å²) in [6.07, 6.45) is 13.6. The highest BCUT2D eigenvalue weighted by atomic mass is 16.1. The van der Waals surface area contributed by atoms with Gasteiger partial charge < -0.3 is 9.80 Å². The lowest BCUT2D eigenvalue weighted by Gasteiger charge is -2.38. The molecular weight excluding hydrogens is 248 g/mol. The van der Waals surface area contributed by atoms with Gasteiger partial charge in [-0.3, -0.25) is 4.79 Å². The molecule has 0 aromatic heterocycles. The Morgan fingerprint density at radius 2 is 1.60 bits per heavy atom. The van der Waals surface area contributed by atoms with Gasteiger partial charge in [0.1, 0.15) is 5.82 Å². The van der Waals surface area contributed by atoms with Crippen molar-refractivity contribution in [3.63, 3.8) is 0 Å². The van der Waals surface area contributed by atoms with Gasteiger partial charge >= 0.3 is 0 Å². The fraction of sp³-hybridized carbons (Fsp3) is 0.353. The average Bonchev–Trinajstić information content (AvgIpc) is 2.74. The highest BCUT2D eigenvalue weighted by Crippen LogP contribution is 2.31. The third-order valence-corrected chi connectivity index (χ3v) is 4.10. The van der Waals surface area contributed by atoms with Crippen molar-refractivity contribution < 1.29 is 4.79 Å². The van der Waals surface area contributed by atoms with E-state index < -0.39 is 0 Å². The van der Waals surface area contributed by atoms with Crippen molar-refractivity contribution >= 4 is 5.78 Å². The molecule has 1 fully saturated rings. The molecule has 20 heavy (non-hydrogen) atoms. The fourth-order valence-electron chi connectivity index (χ4n) is 3.07. The molecule has 1 aliphatic heterocycles. The minimum absolute atomic E-state index is 0.124. The van der Waals surface area contributed by atoms with Crippen molar-refractivity contribution in [2.75, 3.05) is 27.2 Å². The summed E-state index contributed by atoms with van der Waals surface area (Å²) in [6, 6.07) is 0. The summed E-state index contributed by atoms with van der Waals surface area (Å²) in [5.41, 5.74) is 3.28. The van der Waals surface area contributed by atoms with Crippen LogP contribution < -0.4 is 0 Å². The number of allylic oxidation sites excluding steroid dienone is 9. The van der Waals surface area contributed by atoms with E-state index in [1.165, 1.54) is 23.4 Å². The minimum atomic E-state index is 0.124. The number of carbonyl (C=O) groups is 1. The number of fused-ring (bicyclic) bond motifs is 2. The second-order valence-electron chi connectivity index (χ2n) is 5.58. The molecule has 1 heterocycles. The number of rotatable bonds is 0. The largest absolute Gasteiger partial charge is 0.361 e. The Balaban J connectivity index is 2.14. The van der Waals surface area contributed by atoms with Crippen LogP contribution >= 0.6 is 0 Å². The number of hydrogen-bond donors (Lipinski definition) is 0. The third-order valence-electron chi connectivity index (χ3n) is 4.10. The van der Waals surface area contributed by atoms with Gasteiger partial charge in [-0.1, -0.05) is 24.3 Å². The predicted molar refractivity (Wildman–Crippen MR) is 81.0 cm³/mol. The van der Waals surface area contributed by atoms with Crippen LogP contribution in [-0.4, -0.2) is 42.8 Å². The molecule has 104 valence electrons.